The summed E-state index contributed by atoms with van der Waals surface area (Å²) in [7, 11) is 1.19. The second-order valence-corrected chi connectivity index (χ2v) is 2.93. The minimum atomic E-state index is -2.91. The lowest BCUT2D eigenvalue weighted by atomic mass is 10.0. The van der Waals surface area contributed by atoms with Gasteiger partial charge in [0.1, 0.15) is 11.6 Å². The number of carbonyl (C=O) groups is 1. The second kappa shape index (κ2) is 4.33. The molecular weight excluding hydrogens is 209 g/mol. The highest BCUT2D eigenvalue weighted by atomic mass is 19.3. The van der Waals surface area contributed by atoms with Gasteiger partial charge in [0, 0.05) is 11.6 Å². The van der Waals surface area contributed by atoms with Crippen LogP contribution < -0.4 is 4.74 Å². The molecule has 0 heterocycles. The zero-order valence-corrected chi connectivity index (χ0v) is 8.18. The van der Waals surface area contributed by atoms with Crippen LogP contribution in [-0.2, 0) is 0 Å². The lowest BCUT2D eigenvalue weighted by Crippen LogP contribution is -2.04. The first-order valence-electron chi connectivity index (χ1n) is 4.14. The normalized spacial score (nSPS) is 10.5. The number of alkyl halides is 2. The third-order valence-corrected chi connectivity index (χ3v) is 1.90. The van der Waals surface area contributed by atoms with Gasteiger partial charge >= 0.3 is 0 Å². The first-order valence-corrected chi connectivity index (χ1v) is 4.14. The van der Waals surface area contributed by atoms with Crippen molar-refractivity contribution in [2.75, 3.05) is 7.11 Å². The van der Waals surface area contributed by atoms with Gasteiger partial charge in [-0.15, -0.1) is 0 Å². The summed E-state index contributed by atoms with van der Waals surface area (Å²) in [4.78, 5) is 11.1. The molecule has 0 N–H and O–H groups in total. The van der Waals surface area contributed by atoms with Gasteiger partial charge < -0.3 is 4.74 Å². The van der Waals surface area contributed by atoms with Gasteiger partial charge in [-0.2, -0.15) is 0 Å². The molecule has 1 aromatic carbocycles. The number of methoxy groups -OCH3 is 1. The van der Waals surface area contributed by atoms with E-state index in [1.807, 2.05) is 0 Å². The Hall–Kier alpha value is -1.52. The number of rotatable bonds is 3. The smallest absolute Gasteiger partial charge is 0.264 e. The van der Waals surface area contributed by atoms with Gasteiger partial charge in [0.05, 0.1) is 12.7 Å². The first kappa shape index (κ1) is 11.6. The number of ether oxygens (including phenoxy) is 1. The number of hydrogen-bond acceptors (Lipinski definition) is 2. The van der Waals surface area contributed by atoms with Gasteiger partial charge in [-0.3, -0.25) is 4.79 Å². The summed E-state index contributed by atoms with van der Waals surface area (Å²) in [6.07, 6.45) is -2.91. The fraction of sp³-hybridized carbons (Fsp3) is 0.300. The number of benzene rings is 1. The molecule has 0 aliphatic carbocycles. The molecule has 2 nitrogen and oxygen atoms in total. The van der Waals surface area contributed by atoms with E-state index in [1.165, 1.54) is 7.11 Å². The maximum absolute atomic E-state index is 12.9. The molecule has 0 amide bonds. The monoisotopic (exact) mass is 218 g/mol. The minimum Gasteiger partial charge on any atom is -0.496 e. The third kappa shape index (κ3) is 2.29. The molecule has 82 valence electrons. The summed E-state index contributed by atoms with van der Waals surface area (Å²) >= 11 is 0. The highest BCUT2D eigenvalue weighted by molar-refractivity contribution is 5.98. The quantitative estimate of drug-likeness (QED) is 0.729. The maximum atomic E-state index is 12.9. The lowest BCUT2D eigenvalue weighted by Gasteiger charge is -2.11. The summed E-state index contributed by atoms with van der Waals surface area (Å²) in [5, 5.41) is 0. The fourth-order valence-corrected chi connectivity index (χ4v) is 1.31. The first-order chi connectivity index (χ1) is 6.97. The summed E-state index contributed by atoms with van der Waals surface area (Å²) in [5.41, 5.74) is -0.909. The number of hydrogen-bond donors (Lipinski definition) is 0. The Kier molecular flexibility index (Phi) is 3.34. The van der Waals surface area contributed by atoms with E-state index < -0.39 is 23.6 Å². The average Bonchev–Trinajstić information content (AvgIpc) is 2.15. The molecule has 0 saturated heterocycles. The predicted molar refractivity (Wildman–Crippen MR) is 47.9 cm³/mol. The predicted octanol–water partition coefficient (Wildman–Crippen LogP) is 2.97. The molecule has 1 aromatic rings. The van der Waals surface area contributed by atoms with E-state index >= 15 is 0 Å². The zero-order chi connectivity index (χ0) is 11.6. The van der Waals surface area contributed by atoms with E-state index in [4.69, 9.17) is 0 Å². The van der Waals surface area contributed by atoms with Crippen molar-refractivity contribution < 1.29 is 22.7 Å². The van der Waals surface area contributed by atoms with Gasteiger partial charge in [-0.05, 0) is 13.0 Å². The van der Waals surface area contributed by atoms with Crippen LogP contribution in [0.4, 0.5) is 13.2 Å². The Morgan fingerprint density at radius 1 is 1.40 bits per heavy atom. The molecule has 0 aliphatic heterocycles. The number of halogens is 3. The SMILES string of the molecule is COc1cc(F)cc(C(F)F)c1C(C)=O. The molecule has 0 spiro atoms. The molecule has 0 saturated carbocycles. The van der Waals surface area contributed by atoms with Crippen LogP contribution in [0.15, 0.2) is 12.1 Å². The van der Waals surface area contributed by atoms with E-state index in [9.17, 15) is 18.0 Å². The Morgan fingerprint density at radius 3 is 2.40 bits per heavy atom. The molecule has 0 atom stereocenters. The standard InChI is InChI=1S/C10H9F3O2/c1-5(14)9-7(10(12)13)3-6(11)4-8(9)15-2/h3-4,10H,1-2H3. The van der Waals surface area contributed by atoms with Crippen molar-refractivity contribution >= 4 is 5.78 Å². The topological polar surface area (TPSA) is 26.3 Å². The van der Waals surface area contributed by atoms with E-state index in [2.05, 4.69) is 4.74 Å². The zero-order valence-electron chi connectivity index (χ0n) is 8.18. The molecule has 0 unspecified atom stereocenters. The van der Waals surface area contributed by atoms with Gasteiger partial charge in [-0.25, -0.2) is 13.2 Å². The van der Waals surface area contributed by atoms with Gasteiger partial charge in [0.2, 0.25) is 0 Å². The second-order valence-electron chi connectivity index (χ2n) is 2.93. The highest BCUT2D eigenvalue weighted by Gasteiger charge is 2.21. The van der Waals surface area contributed by atoms with Crippen LogP contribution >= 0.6 is 0 Å². The van der Waals surface area contributed by atoms with E-state index in [0.717, 1.165) is 13.0 Å². The molecule has 15 heavy (non-hydrogen) atoms. The molecule has 5 heteroatoms. The maximum Gasteiger partial charge on any atom is 0.264 e. The average molecular weight is 218 g/mol. The Morgan fingerprint density at radius 2 is 2.00 bits per heavy atom. The summed E-state index contributed by atoms with van der Waals surface area (Å²) in [5.74, 6) is -1.60. The highest BCUT2D eigenvalue weighted by Crippen LogP contribution is 2.31. The van der Waals surface area contributed by atoms with E-state index in [-0.39, 0.29) is 11.3 Å². The van der Waals surface area contributed by atoms with Crippen LogP contribution in [-0.4, -0.2) is 12.9 Å². The number of carbonyl (C=O) groups excluding carboxylic acids is 1. The minimum absolute atomic E-state index is 0.169. The van der Waals surface area contributed by atoms with Crippen molar-refractivity contribution in [2.24, 2.45) is 0 Å². The largest absolute Gasteiger partial charge is 0.496 e. The van der Waals surface area contributed by atoms with Gasteiger partial charge in [-0.1, -0.05) is 0 Å². The van der Waals surface area contributed by atoms with Crippen LogP contribution in [0.25, 0.3) is 0 Å². The number of ketones is 1. The molecule has 0 radical (unpaired) electrons. The van der Waals surface area contributed by atoms with Crippen LogP contribution in [0, 0.1) is 5.82 Å². The fourth-order valence-electron chi connectivity index (χ4n) is 1.31. The molecule has 0 bridgehead atoms. The van der Waals surface area contributed by atoms with Crippen LogP contribution in [0.1, 0.15) is 29.3 Å². The Labute approximate surface area is 84.7 Å². The Balaban J connectivity index is 3.47. The van der Waals surface area contributed by atoms with Crippen LogP contribution in [0.2, 0.25) is 0 Å². The summed E-state index contributed by atoms with van der Waals surface area (Å²) in [6, 6.07) is 1.55. The van der Waals surface area contributed by atoms with Crippen molar-refractivity contribution in [3.05, 3.63) is 29.1 Å². The summed E-state index contributed by atoms with van der Waals surface area (Å²) < 4.78 is 42.6. The van der Waals surface area contributed by atoms with Crippen molar-refractivity contribution in [2.45, 2.75) is 13.3 Å². The van der Waals surface area contributed by atoms with Gasteiger partial charge in [0.15, 0.2) is 5.78 Å². The van der Waals surface area contributed by atoms with Crippen LogP contribution in [0.3, 0.4) is 0 Å². The number of Topliss-reactive ketones (excluding diaryl/α,β-unsaturated/α-hetero) is 1. The Bertz CT molecular complexity index is 388. The third-order valence-electron chi connectivity index (χ3n) is 1.90. The lowest BCUT2D eigenvalue weighted by molar-refractivity contribution is 0.0995. The molecule has 0 fully saturated rings. The molecular formula is C10H9F3O2. The molecule has 1 rings (SSSR count). The van der Waals surface area contributed by atoms with Crippen molar-refractivity contribution in [1.29, 1.82) is 0 Å². The summed E-state index contributed by atoms with van der Waals surface area (Å²) in [6.45, 7) is 1.13. The van der Waals surface area contributed by atoms with Crippen molar-refractivity contribution in [3.8, 4) is 5.75 Å². The van der Waals surface area contributed by atoms with Crippen molar-refractivity contribution in [1.82, 2.24) is 0 Å². The molecule has 0 aromatic heterocycles. The van der Waals surface area contributed by atoms with Crippen LogP contribution in [0.5, 0.6) is 5.75 Å². The molecule has 0 aliphatic rings. The van der Waals surface area contributed by atoms with E-state index in [1.54, 1.807) is 0 Å². The van der Waals surface area contributed by atoms with E-state index in [0.29, 0.717) is 6.07 Å². The van der Waals surface area contributed by atoms with Gasteiger partial charge in [0.25, 0.3) is 6.43 Å². The van der Waals surface area contributed by atoms with Crippen molar-refractivity contribution in [3.63, 3.8) is 0 Å².